The number of carbonyl (C=O) groups excluding carboxylic acids is 1. The van der Waals surface area contributed by atoms with E-state index in [9.17, 15) is 4.79 Å². The van der Waals surface area contributed by atoms with Gasteiger partial charge in [0.25, 0.3) is 0 Å². The Labute approximate surface area is 161 Å². The van der Waals surface area contributed by atoms with E-state index in [4.69, 9.17) is 9.47 Å². The second-order valence-electron chi connectivity index (χ2n) is 7.18. The molecule has 0 radical (unpaired) electrons. The Morgan fingerprint density at radius 3 is 2.37 bits per heavy atom. The molecule has 5 nitrogen and oxygen atoms in total. The van der Waals surface area contributed by atoms with E-state index in [1.165, 1.54) is 0 Å². The van der Waals surface area contributed by atoms with E-state index in [0.717, 1.165) is 30.1 Å². The highest BCUT2D eigenvalue weighted by Crippen LogP contribution is 2.19. The third-order valence-corrected chi connectivity index (χ3v) is 4.75. The molecule has 1 saturated heterocycles. The average molecular weight is 368 g/mol. The van der Waals surface area contributed by atoms with Crippen LogP contribution in [0.3, 0.4) is 0 Å². The van der Waals surface area contributed by atoms with Crippen molar-refractivity contribution in [2.45, 2.75) is 45.6 Å². The lowest BCUT2D eigenvalue weighted by Crippen LogP contribution is -2.52. The molecule has 0 bridgehead atoms. The summed E-state index contributed by atoms with van der Waals surface area (Å²) in [4.78, 5) is 14.8. The van der Waals surface area contributed by atoms with E-state index in [2.05, 4.69) is 10.2 Å². The zero-order valence-corrected chi connectivity index (χ0v) is 16.2. The number of nitrogens with zero attached hydrogens (tertiary/aromatic N) is 1. The van der Waals surface area contributed by atoms with E-state index < -0.39 is 0 Å². The van der Waals surface area contributed by atoms with Gasteiger partial charge in [-0.2, -0.15) is 0 Å². The molecule has 5 heteroatoms. The molecule has 1 fully saturated rings. The summed E-state index contributed by atoms with van der Waals surface area (Å²) in [6.07, 6.45) is 0.287. The Balaban J connectivity index is 1.52. The van der Waals surface area contributed by atoms with Crippen molar-refractivity contribution in [1.29, 1.82) is 0 Å². The van der Waals surface area contributed by atoms with Crippen LogP contribution < -0.4 is 10.1 Å². The van der Waals surface area contributed by atoms with Gasteiger partial charge in [0.1, 0.15) is 12.4 Å². The van der Waals surface area contributed by atoms with Gasteiger partial charge in [0.05, 0.1) is 18.2 Å². The summed E-state index contributed by atoms with van der Waals surface area (Å²) in [5, 5.41) is 2.99. The van der Waals surface area contributed by atoms with Gasteiger partial charge in [0.2, 0.25) is 5.91 Å². The molecule has 0 saturated carbocycles. The predicted octanol–water partition coefficient (Wildman–Crippen LogP) is 3.70. The SMILES string of the molecule is C[C@H](C(=O)Nc1ccc(OCc2ccccc2)cc1)N1C[C@H](C)O[C@@H](C)C1. The molecule has 0 unspecified atom stereocenters. The van der Waals surface area contributed by atoms with Gasteiger partial charge in [-0.3, -0.25) is 9.69 Å². The summed E-state index contributed by atoms with van der Waals surface area (Å²) in [6.45, 7) is 8.09. The van der Waals surface area contributed by atoms with Gasteiger partial charge in [-0.25, -0.2) is 0 Å². The predicted molar refractivity (Wildman–Crippen MR) is 107 cm³/mol. The first-order chi connectivity index (χ1) is 13.0. The second kappa shape index (κ2) is 9.02. The van der Waals surface area contributed by atoms with Gasteiger partial charge < -0.3 is 14.8 Å². The van der Waals surface area contributed by atoms with Crippen LogP contribution >= 0.6 is 0 Å². The molecule has 2 aromatic rings. The zero-order chi connectivity index (χ0) is 19.2. The molecular weight excluding hydrogens is 340 g/mol. The van der Waals surface area contributed by atoms with Crippen LogP contribution in [-0.4, -0.2) is 42.1 Å². The van der Waals surface area contributed by atoms with Crippen molar-refractivity contribution in [3.8, 4) is 5.75 Å². The molecular formula is C22H28N2O3. The van der Waals surface area contributed by atoms with E-state index in [0.29, 0.717) is 6.61 Å². The second-order valence-corrected chi connectivity index (χ2v) is 7.18. The lowest BCUT2D eigenvalue weighted by Gasteiger charge is -2.38. The van der Waals surface area contributed by atoms with Crippen molar-refractivity contribution in [1.82, 2.24) is 4.90 Å². The lowest BCUT2D eigenvalue weighted by atomic mass is 10.1. The van der Waals surface area contributed by atoms with Crippen LogP contribution in [0.15, 0.2) is 54.6 Å². The van der Waals surface area contributed by atoms with Gasteiger partial charge in [0.15, 0.2) is 0 Å². The largest absolute Gasteiger partial charge is 0.489 e. The average Bonchev–Trinajstić information content (AvgIpc) is 2.67. The van der Waals surface area contributed by atoms with Gasteiger partial charge in [-0.15, -0.1) is 0 Å². The van der Waals surface area contributed by atoms with Crippen LogP contribution in [-0.2, 0) is 16.1 Å². The minimum atomic E-state index is -0.201. The Morgan fingerprint density at radius 2 is 1.74 bits per heavy atom. The van der Waals surface area contributed by atoms with Crippen LogP contribution in [0.2, 0.25) is 0 Å². The van der Waals surface area contributed by atoms with E-state index in [-0.39, 0.29) is 24.2 Å². The number of hydrogen-bond donors (Lipinski definition) is 1. The maximum Gasteiger partial charge on any atom is 0.241 e. The van der Waals surface area contributed by atoms with Crippen LogP contribution in [0, 0.1) is 0 Å². The Bertz CT molecular complexity index is 723. The number of amides is 1. The number of rotatable bonds is 6. The lowest BCUT2D eigenvalue weighted by molar-refractivity contribution is -0.126. The van der Waals surface area contributed by atoms with Crippen molar-refractivity contribution in [3.63, 3.8) is 0 Å². The molecule has 27 heavy (non-hydrogen) atoms. The molecule has 0 spiro atoms. The third-order valence-electron chi connectivity index (χ3n) is 4.75. The standard InChI is InChI=1S/C22H28N2O3/c1-16-13-24(14-17(2)27-16)18(3)22(25)23-20-9-11-21(12-10-20)26-15-19-7-5-4-6-8-19/h4-12,16-18H,13-15H2,1-3H3,(H,23,25)/t16-,17-,18+/m0/s1. The fourth-order valence-corrected chi connectivity index (χ4v) is 3.32. The molecule has 1 heterocycles. The summed E-state index contributed by atoms with van der Waals surface area (Å²) in [5.41, 5.74) is 1.89. The highest BCUT2D eigenvalue weighted by Gasteiger charge is 2.29. The summed E-state index contributed by atoms with van der Waals surface area (Å²) in [5.74, 6) is 0.773. The first-order valence-corrected chi connectivity index (χ1v) is 9.48. The molecule has 3 atom stereocenters. The number of carbonyl (C=O) groups is 1. The quantitative estimate of drug-likeness (QED) is 0.845. The molecule has 144 valence electrons. The number of anilines is 1. The summed E-state index contributed by atoms with van der Waals surface area (Å²) in [7, 11) is 0. The van der Waals surface area contributed by atoms with Crippen LogP contribution in [0.1, 0.15) is 26.3 Å². The number of ether oxygens (including phenoxy) is 2. The number of benzene rings is 2. The summed E-state index contributed by atoms with van der Waals surface area (Å²) < 4.78 is 11.5. The minimum Gasteiger partial charge on any atom is -0.489 e. The Morgan fingerprint density at radius 1 is 1.11 bits per heavy atom. The molecule has 2 aromatic carbocycles. The van der Waals surface area contributed by atoms with Crippen molar-refractivity contribution in [2.75, 3.05) is 18.4 Å². The van der Waals surface area contributed by atoms with Gasteiger partial charge in [0, 0.05) is 18.8 Å². The third kappa shape index (κ3) is 5.55. The maximum absolute atomic E-state index is 12.6. The first kappa shape index (κ1) is 19.4. The molecule has 1 aliphatic heterocycles. The highest BCUT2D eigenvalue weighted by molar-refractivity contribution is 5.94. The van der Waals surface area contributed by atoms with E-state index in [1.807, 2.05) is 75.4 Å². The Hall–Kier alpha value is -2.37. The highest BCUT2D eigenvalue weighted by atomic mass is 16.5. The summed E-state index contributed by atoms with van der Waals surface area (Å²) >= 11 is 0. The number of nitrogens with one attached hydrogen (secondary N) is 1. The fourth-order valence-electron chi connectivity index (χ4n) is 3.32. The molecule has 1 N–H and O–H groups in total. The minimum absolute atomic E-state index is 0.00532. The van der Waals surface area contributed by atoms with Crippen molar-refractivity contribution in [2.24, 2.45) is 0 Å². The maximum atomic E-state index is 12.6. The van der Waals surface area contributed by atoms with Gasteiger partial charge in [-0.05, 0) is 50.6 Å². The van der Waals surface area contributed by atoms with Gasteiger partial charge >= 0.3 is 0 Å². The molecule has 1 aliphatic rings. The van der Waals surface area contributed by atoms with E-state index in [1.54, 1.807) is 0 Å². The summed E-state index contributed by atoms with van der Waals surface area (Å²) in [6, 6.07) is 17.3. The first-order valence-electron chi connectivity index (χ1n) is 9.48. The van der Waals surface area contributed by atoms with Crippen molar-refractivity contribution in [3.05, 3.63) is 60.2 Å². The number of morpholine rings is 1. The molecule has 0 aliphatic carbocycles. The monoisotopic (exact) mass is 368 g/mol. The topological polar surface area (TPSA) is 50.8 Å². The van der Waals surface area contributed by atoms with Crippen LogP contribution in [0.5, 0.6) is 5.75 Å². The van der Waals surface area contributed by atoms with Crippen LogP contribution in [0.4, 0.5) is 5.69 Å². The van der Waals surface area contributed by atoms with Crippen LogP contribution in [0.25, 0.3) is 0 Å². The molecule has 1 amide bonds. The fraction of sp³-hybridized carbons (Fsp3) is 0.409. The Kier molecular flexibility index (Phi) is 6.48. The number of hydrogen-bond acceptors (Lipinski definition) is 4. The van der Waals surface area contributed by atoms with Crippen molar-refractivity contribution < 1.29 is 14.3 Å². The normalized spacial score (nSPS) is 21.4. The van der Waals surface area contributed by atoms with Crippen molar-refractivity contribution >= 4 is 11.6 Å². The molecule has 3 rings (SSSR count). The molecule has 0 aromatic heterocycles. The smallest absolute Gasteiger partial charge is 0.241 e. The van der Waals surface area contributed by atoms with E-state index >= 15 is 0 Å². The van der Waals surface area contributed by atoms with Gasteiger partial charge in [-0.1, -0.05) is 30.3 Å². The zero-order valence-electron chi connectivity index (χ0n) is 16.2.